The predicted molar refractivity (Wildman–Crippen MR) is 114 cm³/mol. The zero-order valence-corrected chi connectivity index (χ0v) is 17.5. The molecule has 4 nitrogen and oxygen atoms in total. The third-order valence-corrected chi connectivity index (χ3v) is 5.75. The van der Waals surface area contributed by atoms with E-state index in [9.17, 15) is 9.18 Å². The molecule has 0 amide bonds. The van der Waals surface area contributed by atoms with Crippen molar-refractivity contribution in [3.05, 3.63) is 34.3 Å². The summed E-state index contributed by atoms with van der Waals surface area (Å²) in [4.78, 5) is 16.3. The lowest BCUT2D eigenvalue weighted by Gasteiger charge is -2.35. The van der Waals surface area contributed by atoms with E-state index in [1.807, 2.05) is 17.0 Å². The van der Waals surface area contributed by atoms with Gasteiger partial charge in [-0.2, -0.15) is 0 Å². The maximum atomic E-state index is 14.8. The van der Waals surface area contributed by atoms with Gasteiger partial charge in [0.15, 0.2) is 5.78 Å². The SMILES string of the molecule is C=C(I)NCC1CC(=O)CN(c2ccc(N3CCC(C)CC3)c(F)c2)C1. The summed E-state index contributed by atoms with van der Waals surface area (Å²) in [6, 6.07) is 5.42. The van der Waals surface area contributed by atoms with E-state index in [4.69, 9.17) is 0 Å². The molecule has 0 radical (unpaired) electrons. The van der Waals surface area contributed by atoms with Crippen LogP contribution in [-0.2, 0) is 4.79 Å². The highest BCUT2D eigenvalue weighted by molar-refractivity contribution is 14.1. The van der Waals surface area contributed by atoms with Gasteiger partial charge in [-0.05, 0) is 59.5 Å². The van der Waals surface area contributed by atoms with Gasteiger partial charge < -0.3 is 15.1 Å². The van der Waals surface area contributed by atoms with Gasteiger partial charge in [0.25, 0.3) is 0 Å². The smallest absolute Gasteiger partial charge is 0.152 e. The van der Waals surface area contributed by atoms with Crippen molar-refractivity contribution in [1.82, 2.24) is 5.32 Å². The minimum atomic E-state index is -0.189. The first-order chi connectivity index (χ1) is 12.4. The van der Waals surface area contributed by atoms with Gasteiger partial charge in [0.2, 0.25) is 0 Å². The molecule has 1 N–H and O–H groups in total. The summed E-state index contributed by atoms with van der Waals surface area (Å²) in [6.45, 7) is 9.74. The first kappa shape index (κ1) is 19.5. The van der Waals surface area contributed by atoms with E-state index in [2.05, 4.69) is 46.3 Å². The second kappa shape index (κ2) is 8.59. The Hall–Kier alpha value is -1.31. The molecule has 0 saturated carbocycles. The number of halogens is 2. The highest BCUT2D eigenvalue weighted by Crippen LogP contribution is 2.30. The van der Waals surface area contributed by atoms with Crippen LogP contribution >= 0.6 is 22.6 Å². The first-order valence-electron chi connectivity index (χ1n) is 9.32. The van der Waals surface area contributed by atoms with E-state index >= 15 is 0 Å². The predicted octanol–water partition coefficient (Wildman–Crippen LogP) is 3.95. The molecule has 1 aromatic carbocycles. The fourth-order valence-electron chi connectivity index (χ4n) is 3.83. The van der Waals surface area contributed by atoms with Gasteiger partial charge in [0.1, 0.15) is 5.82 Å². The Morgan fingerprint density at radius 2 is 2.08 bits per heavy atom. The number of nitrogens with one attached hydrogen (secondary N) is 1. The van der Waals surface area contributed by atoms with Crippen molar-refractivity contribution < 1.29 is 9.18 Å². The van der Waals surface area contributed by atoms with Crippen molar-refractivity contribution in [2.75, 3.05) is 42.5 Å². The first-order valence-corrected chi connectivity index (χ1v) is 10.4. The van der Waals surface area contributed by atoms with Crippen LogP contribution < -0.4 is 15.1 Å². The molecule has 2 fully saturated rings. The summed E-state index contributed by atoms with van der Waals surface area (Å²) in [5.74, 6) is 0.952. The Bertz CT molecular complexity index is 673. The average Bonchev–Trinajstić information content (AvgIpc) is 2.60. The number of carbonyl (C=O) groups is 1. The van der Waals surface area contributed by atoms with Crippen molar-refractivity contribution >= 4 is 39.7 Å². The lowest BCUT2D eigenvalue weighted by Crippen LogP contribution is -2.44. The molecular weight excluding hydrogens is 444 g/mol. The molecule has 2 heterocycles. The average molecular weight is 471 g/mol. The second-order valence-corrected chi connectivity index (χ2v) is 8.88. The monoisotopic (exact) mass is 471 g/mol. The molecule has 2 aliphatic rings. The van der Waals surface area contributed by atoms with Crippen molar-refractivity contribution in [2.24, 2.45) is 11.8 Å². The van der Waals surface area contributed by atoms with E-state index < -0.39 is 0 Å². The van der Waals surface area contributed by atoms with Crippen LogP contribution in [-0.4, -0.2) is 38.5 Å². The van der Waals surface area contributed by atoms with Crippen LogP contribution in [0.2, 0.25) is 0 Å². The summed E-state index contributed by atoms with van der Waals surface area (Å²) in [5.41, 5.74) is 1.48. The standard InChI is InChI=1S/C20H27FIN3O/c1-14-5-7-24(8-6-14)20-4-3-17(10-19(20)21)25-12-16(9-18(26)13-25)11-23-15(2)22/h3-4,10,14,16,23H,2,5-9,11-13H2,1H3. The number of Topliss-reactive ketones (excluding diaryl/α,β-unsaturated/α-hetero) is 1. The molecule has 1 unspecified atom stereocenters. The summed E-state index contributed by atoms with van der Waals surface area (Å²) in [6.07, 6.45) is 2.79. The molecule has 1 atom stereocenters. The third kappa shape index (κ3) is 4.90. The maximum Gasteiger partial charge on any atom is 0.152 e. The van der Waals surface area contributed by atoms with Gasteiger partial charge in [-0.25, -0.2) is 4.39 Å². The third-order valence-electron chi connectivity index (χ3n) is 5.37. The molecule has 1 aromatic rings. The summed E-state index contributed by atoms with van der Waals surface area (Å²) >= 11 is 2.13. The topological polar surface area (TPSA) is 35.6 Å². The summed E-state index contributed by atoms with van der Waals surface area (Å²) < 4.78 is 15.6. The van der Waals surface area contributed by atoms with Gasteiger partial charge in [-0.1, -0.05) is 13.5 Å². The Balaban J connectivity index is 1.69. The van der Waals surface area contributed by atoms with E-state index in [1.54, 1.807) is 6.07 Å². The molecule has 0 aromatic heterocycles. The van der Waals surface area contributed by atoms with E-state index in [0.717, 1.165) is 54.3 Å². The number of nitrogens with zero attached hydrogens (tertiary/aromatic N) is 2. The number of rotatable bonds is 5. The number of hydrogen-bond acceptors (Lipinski definition) is 4. The van der Waals surface area contributed by atoms with Crippen molar-refractivity contribution in [2.45, 2.75) is 26.2 Å². The Morgan fingerprint density at radius 1 is 1.35 bits per heavy atom. The minimum absolute atomic E-state index is 0.189. The molecule has 6 heteroatoms. The fraction of sp³-hybridized carbons (Fsp3) is 0.550. The molecule has 0 spiro atoms. The van der Waals surface area contributed by atoms with Crippen LogP contribution in [0.5, 0.6) is 0 Å². The van der Waals surface area contributed by atoms with Gasteiger partial charge in [0.05, 0.1) is 15.9 Å². The second-order valence-electron chi connectivity index (χ2n) is 7.58. The van der Waals surface area contributed by atoms with Crippen LogP contribution in [0.4, 0.5) is 15.8 Å². The van der Waals surface area contributed by atoms with E-state index in [0.29, 0.717) is 18.7 Å². The summed E-state index contributed by atoms with van der Waals surface area (Å²) in [5, 5.41) is 3.21. The zero-order valence-electron chi connectivity index (χ0n) is 15.3. The molecule has 142 valence electrons. The number of anilines is 2. The Kier molecular flexibility index (Phi) is 6.42. The Morgan fingerprint density at radius 3 is 2.73 bits per heavy atom. The molecule has 2 aliphatic heterocycles. The normalized spacial score (nSPS) is 21.8. The van der Waals surface area contributed by atoms with Crippen molar-refractivity contribution in [3.63, 3.8) is 0 Å². The van der Waals surface area contributed by atoms with Crippen LogP contribution in [0.1, 0.15) is 26.2 Å². The number of piperidine rings is 2. The molecule has 0 bridgehead atoms. The number of carbonyl (C=O) groups excluding carboxylic acids is 1. The Labute approximate surface area is 168 Å². The fourth-order valence-corrected chi connectivity index (χ4v) is 4.05. The van der Waals surface area contributed by atoms with Crippen LogP contribution in [0.25, 0.3) is 0 Å². The van der Waals surface area contributed by atoms with Gasteiger partial charge in [-0.15, -0.1) is 0 Å². The van der Waals surface area contributed by atoms with Crippen molar-refractivity contribution in [1.29, 1.82) is 0 Å². The maximum absolute atomic E-state index is 14.8. The number of hydrogen-bond donors (Lipinski definition) is 1. The number of ketones is 1. The largest absolute Gasteiger partial charge is 0.380 e. The molecule has 2 saturated heterocycles. The lowest BCUT2D eigenvalue weighted by atomic mass is 9.96. The van der Waals surface area contributed by atoms with Crippen LogP contribution in [0.15, 0.2) is 28.5 Å². The zero-order chi connectivity index (χ0) is 18.7. The number of benzene rings is 1. The van der Waals surface area contributed by atoms with Crippen LogP contribution in [0.3, 0.4) is 0 Å². The van der Waals surface area contributed by atoms with Gasteiger partial charge in [-0.3, -0.25) is 4.79 Å². The van der Waals surface area contributed by atoms with Gasteiger partial charge >= 0.3 is 0 Å². The van der Waals surface area contributed by atoms with Gasteiger partial charge in [0, 0.05) is 44.2 Å². The highest BCUT2D eigenvalue weighted by Gasteiger charge is 2.26. The summed E-state index contributed by atoms with van der Waals surface area (Å²) in [7, 11) is 0. The quantitative estimate of drug-likeness (QED) is 0.521. The highest BCUT2D eigenvalue weighted by atomic mass is 127. The molecular formula is C20H27FIN3O. The minimum Gasteiger partial charge on any atom is -0.380 e. The van der Waals surface area contributed by atoms with Crippen LogP contribution in [0, 0.1) is 17.7 Å². The molecule has 3 rings (SSSR count). The van der Waals surface area contributed by atoms with E-state index in [-0.39, 0.29) is 17.5 Å². The molecule has 26 heavy (non-hydrogen) atoms. The van der Waals surface area contributed by atoms with E-state index in [1.165, 1.54) is 0 Å². The lowest BCUT2D eigenvalue weighted by molar-refractivity contribution is -0.119. The molecule has 0 aliphatic carbocycles. The van der Waals surface area contributed by atoms with Crippen molar-refractivity contribution in [3.8, 4) is 0 Å².